The van der Waals surface area contributed by atoms with Crippen molar-refractivity contribution in [3.63, 3.8) is 0 Å². The number of ether oxygens (including phenoxy) is 2. The first-order valence-corrected chi connectivity index (χ1v) is 12.2. The zero-order valence-electron chi connectivity index (χ0n) is 20.0. The van der Waals surface area contributed by atoms with Gasteiger partial charge in [-0.1, -0.05) is 50.9 Å². The van der Waals surface area contributed by atoms with E-state index in [0.29, 0.717) is 29.4 Å². The zero-order chi connectivity index (χ0) is 23.5. The number of fused-ring (bicyclic) bond motifs is 1. The van der Waals surface area contributed by atoms with Gasteiger partial charge in [0.25, 0.3) is 5.82 Å². The Morgan fingerprint density at radius 3 is 2.61 bits per heavy atom. The molecule has 1 aliphatic carbocycles. The first-order valence-electron chi connectivity index (χ1n) is 11.9. The monoisotopic (exact) mass is 469 g/mol. The number of aryl methyl sites for hydroxylation is 1. The molecular weight excluding hydrogens is 436 g/mol. The minimum absolute atomic E-state index is 0.00871. The van der Waals surface area contributed by atoms with Crippen molar-refractivity contribution in [3.8, 4) is 5.75 Å². The Morgan fingerprint density at radius 2 is 1.88 bits per heavy atom. The summed E-state index contributed by atoms with van der Waals surface area (Å²) in [5, 5.41) is 0.668. The highest BCUT2D eigenvalue weighted by Crippen LogP contribution is 2.35. The number of para-hydroxylation sites is 2. The molecule has 1 heterocycles. The van der Waals surface area contributed by atoms with Gasteiger partial charge < -0.3 is 9.47 Å². The van der Waals surface area contributed by atoms with Crippen LogP contribution in [0.4, 0.5) is 0 Å². The third-order valence-corrected chi connectivity index (χ3v) is 7.20. The molecule has 4 rings (SSSR count). The Labute approximate surface area is 201 Å². The van der Waals surface area contributed by atoms with Gasteiger partial charge in [-0.25, -0.2) is 13.9 Å². The number of benzene rings is 2. The molecule has 5 nitrogen and oxygen atoms in total. The molecule has 33 heavy (non-hydrogen) atoms. The van der Waals surface area contributed by atoms with Crippen molar-refractivity contribution >= 4 is 28.6 Å². The van der Waals surface area contributed by atoms with Crippen molar-refractivity contribution in [1.29, 1.82) is 0 Å². The van der Waals surface area contributed by atoms with Gasteiger partial charge in [0, 0.05) is 5.02 Å². The van der Waals surface area contributed by atoms with Crippen molar-refractivity contribution in [2.75, 3.05) is 0 Å². The maximum absolute atomic E-state index is 13.2. The molecule has 0 aliphatic heterocycles. The minimum atomic E-state index is -0.186. The van der Waals surface area contributed by atoms with E-state index in [4.69, 9.17) is 21.1 Å². The SMILES string of the molecule is CC(C)[C@@H]1CC[C@@H](C)C[C@H]1OC(=O)Cn1c(COc2ccc(Cl)cc2)[n+](C)c2ccccc21. The summed E-state index contributed by atoms with van der Waals surface area (Å²) in [4.78, 5) is 13.2. The van der Waals surface area contributed by atoms with E-state index in [1.807, 2.05) is 41.9 Å². The molecule has 0 amide bonds. The third-order valence-electron chi connectivity index (χ3n) is 6.95. The number of nitrogens with zero attached hydrogens (tertiary/aromatic N) is 2. The number of esters is 1. The van der Waals surface area contributed by atoms with Crippen LogP contribution in [0.3, 0.4) is 0 Å². The number of carbonyl (C=O) groups excluding carboxylic acids is 1. The molecule has 0 N–H and O–H groups in total. The van der Waals surface area contributed by atoms with Crippen molar-refractivity contribution in [3.05, 3.63) is 59.4 Å². The van der Waals surface area contributed by atoms with E-state index >= 15 is 0 Å². The first kappa shape index (κ1) is 23.6. The smallest absolute Gasteiger partial charge is 0.348 e. The topological polar surface area (TPSA) is 44.3 Å². The average molecular weight is 470 g/mol. The van der Waals surface area contributed by atoms with Crippen molar-refractivity contribution in [2.24, 2.45) is 24.8 Å². The van der Waals surface area contributed by atoms with Crippen LogP contribution in [0.5, 0.6) is 5.75 Å². The lowest BCUT2D eigenvalue weighted by molar-refractivity contribution is -0.655. The molecule has 0 radical (unpaired) electrons. The van der Waals surface area contributed by atoms with E-state index in [0.717, 1.165) is 35.4 Å². The van der Waals surface area contributed by atoms with Gasteiger partial charge >= 0.3 is 5.97 Å². The Morgan fingerprint density at radius 1 is 1.15 bits per heavy atom. The Bertz CT molecular complexity index is 1110. The van der Waals surface area contributed by atoms with Crippen LogP contribution in [-0.2, 0) is 29.7 Å². The maximum atomic E-state index is 13.2. The van der Waals surface area contributed by atoms with Crippen LogP contribution in [0.25, 0.3) is 11.0 Å². The second kappa shape index (κ2) is 10.2. The van der Waals surface area contributed by atoms with Gasteiger partial charge in [-0.05, 0) is 67.0 Å². The average Bonchev–Trinajstić information content (AvgIpc) is 3.04. The number of hydrogen-bond donors (Lipinski definition) is 0. The van der Waals surface area contributed by atoms with E-state index in [1.54, 1.807) is 12.1 Å². The lowest BCUT2D eigenvalue weighted by Crippen LogP contribution is -2.37. The largest absolute Gasteiger partial charge is 0.481 e. The summed E-state index contributed by atoms with van der Waals surface area (Å²) in [6, 6.07) is 15.4. The van der Waals surface area contributed by atoms with Crippen LogP contribution in [-0.4, -0.2) is 16.6 Å². The van der Waals surface area contributed by atoms with Crippen LogP contribution in [0.15, 0.2) is 48.5 Å². The highest BCUT2D eigenvalue weighted by molar-refractivity contribution is 6.30. The van der Waals surface area contributed by atoms with Crippen LogP contribution in [0, 0.1) is 17.8 Å². The molecule has 0 saturated heterocycles. The molecule has 0 bridgehead atoms. The van der Waals surface area contributed by atoms with Crippen LogP contribution >= 0.6 is 11.6 Å². The Kier molecular flexibility index (Phi) is 7.28. The Hall–Kier alpha value is -2.53. The number of rotatable bonds is 7. The van der Waals surface area contributed by atoms with Gasteiger partial charge in [-0.3, -0.25) is 0 Å². The molecular formula is C27H34ClN2O3+. The van der Waals surface area contributed by atoms with Gasteiger partial charge in [-0.2, -0.15) is 0 Å². The quantitative estimate of drug-likeness (QED) is 0.329. The van der Waals surface area contributed by atoms with E-state index in [1.165, 1.54) is 6.42 Å². The second-order valence-electron chi connectivity index (χ2n) is 9.65. The van der Waals surface area contributed by atoms with Gasteiger partial charge in [-0.15, -0.1) is 0 Å². The number of hydrogen-bond acceptors (Lipinski definition) is 3. The summed E-state index contributed by atoms with van der Waals surface area (Å²) < 4.78 is 16.2. The zero-order valence-corrected chi connectivity index (χ0v) is 20.7. The molecule has 3 aromatic rings. The standard InChI is InChI=1S/C27H34ClN2O3/c1-18(2)22-14-9-19(3)15-25(22)33-27(31)16-30-24-8-6-5-7-23(24)29(4)26(30)17-32-21-12-10-20(28)11-13-21/h5-8,10-13,18-19,22,25H,9,14-17H2,1-4H3/q+1/t19-,22+,25-/m1/s1. The summed E-state index contributed by atoms with van der Waals surface area (Å²) in [5.74, 6) is 2.97. The Balaban J connectivity index is 1.56. The molecule has 0 spiro atoms. The number of carbonyl (C=O) groups is 1. The molecule has 1 saturated carbocycles. The molecule has 1 aliphatic rings. The summed E-state index contributed by atoms with van der Waals surface area (Å²) in [5.41, 5.74) is 2.04. The van der Waals surface area contributed by atoms with Crippen LogP contribution in [0.2, 0.25) is 5.02 Å². The molecule has 2 aromatic carbocycles. The molecule has 6 heteroatoms. The molecule has 176 valence electrons. The fourth-order valence-corrected chi connectivity index (χ4v) is 5.18. The molecule has 1 aromatic heterocycles. The fraction of sp³-hybridized carbons (Fsp3) is 0.481. The van der Waals surface area contributed by atoms with E-state index in [2.05, 4.69) is 31.4 Å². The summed E-state index contributed by atoms with van der Waals surface area (Å²) in [7, 11) is 2.00. The van der Waals surface area contributed by atoms with Gasteiger partial charge in [0.05, 0.1) is 7.05 Å². The van der Waals surface area contributed by atoms with E-state index in [-0.39, 0.29) is 18.6 Å². The molecule has 0 unspecified atom stereocenters. The summed E-state index contributed by atoms with van der Waals surface area (Å²) >= 11 is 5.99. The van der Waals surface area contributed by atoms with Crippen molar-refractivity contribution in [1.82, 2.24) is 4.57 Å². The third kappa shape index (κ3) is 5.35. The second-order valence-corrected chi connectivity index (χ2v) is 10.1. The first-order chi connectivity index (χ1) is 15.8. The predicted molar refractivity (Wildman–Crippen MR) is 130 cm³/mol. The van der Waals surface area contributed by atoms with E-state index in [9.17, 15) is 4.79 Å². The highest BCUT2D eigenvalue weighted by Gasteiger charge is 2.34. The lowest BCUT2D eigenvalue weighted by atomic mass is 9.75. The summed E-state index contributed by atoms with van der Waals surface area (Å²) in [6.45, 7) is 7.20. The maximum Gasteiger partial charge on any atom is 0.348 e. The van der Waals surface area contributed by atoms with Crippen molar-refractivity contribution in [2.45, 2.75) is 59.3 Å². The van der Waals surface area contributed by atoms with E-state index < -0.39 is 0 Å². The van der Waals surface area contributed by atoms with Gasteiger partial charge in [0.1, 0.15) is 11.9 Å². The number of halogens is 1. The highest BCUT2D eigenvalue weighted by atomic mass is 35.5. The molecule has 3 atom stereocenters. The fourth-order valence-electron chi connectivity index (χ4n) is 5.05. The van der Waals surface area contributed by atoms with Gasteiger partial charge in [0.2, 0.25) is 0 Å². The lowest BCUT2D eigenvalue weighted by Gasteiger charge is -2.36. The number of aromatic nitrogens is 2. The normalized spacial score (nSPS) is 20.8. The summed E-state index contributed by atoms with van der Waals surface area (Å²) in [6.07, 6.45) is 3.27. The number of imidazole rings is 1. The molecule has 1 fully saturated rings. The minimum Gasteiger partial charge on any atom is -0.481 e. The van der Waals surface area contributed by atoms with Crippen molar-refractivity contribution < 1.29 is 18.8 Å². The predicted octanol–water partition coefficient (Wildman–Crippen LogP) is 5.70. The van der Waals surface area contributed by atoms with Crippen LogP contribution in [0.1, 0.15) is 45.9 Å². The van der Waals surface area contributed by atoms with Gasteiger partial charge in [0.15, 0.2) is 24.2 Å². The van der Waals surface area contributed by atoms with Crippen LogP contribution < -0.4 is 9.30 Å².